The first-order chi connectivity index (χ1) is 13.8. The minimum absolute atomic E-state index is 0. The van der Waals surface area contributed by atoms with E-state index in [2.05, 4.69) is 5.32 Å². The lowest BCUT2D eigenvalue weighted by molar-refractivity contribution is -0.384. The molecule has 1 aromatic carbocycles. The number of carboxylic acid groups (broad SMARTS) is 1. The van der Waals surface area contributed by atoms with E-state index < -0.39 is 22.8 Å². The molecule has 0 aliphatic carbocycles. The number of aliphatic carboxylic acids is 1. The first kappa shape index (κ1) is 24.6. The van der Waals surface area contributed by atoms with Gasteiger partial charge in [0.2, 0.25) is 0 Å². The quantitative estimate of drug-likeness (QED) is 0.288. The third-order valence-electron chi connectivity index (χ3n) is 4.38. The highest BCUT2D eigenvalue weighted by molar-refractivity contribution is 5.99. The normalized spacial score (nSPS) is 16.4. The van der Waals surface area contributed by atoms with E-state index in [9.17, 15) is 24.8 Å². The Hall–Kier alpha value is -3.39. The van der Waals surface area contributed by atoms with Gasteiger partial charge < -0.3 is 15.2 Å². The number of ether oxygens (including phenoxy) is 1. The van der Waals surface area contributed by atoms with Gasteiger partial charge in [0.05, 0.1) is 22.0 Å². The zero-order valence-electron chi connectivity index (χ0n) is 16.7. The summed E-state index contributed by atoms with van der Waals surface area (Å²) in [6.07, 6.45) is 6.96. The molecular formula is C21H23ClN2O6. The molecular weight excluding hydrogens is 412 g/mol. The lowest BCUT2D eigenvalue weighted by atomic mass is 9.80. The zero-order valence-corrected chi connectivity index (χ0v) is 17.6. The van der Waals surface area contributed by atoms with Gasteiger partial charge in [0.25, 0.3) is 5.69 Å². The standard InChI is InChI=1S/C21H22N2O6.ClH/c1-4-5-6-7-11-29-21(26)18-14(3)22-13(2)17(20(24)25)19(18)15-9-8-10-16(12-15)23(27)28;/h4-10,12,19,22H,11H2,1-3H3,(H,24,25);1H. The van der Waals surface area contributed by atoms with Gasteiger partial charge in [-0.3, -0.25) is 10.1 Å². The van der Waals surface area contributed by atoms with E-state index in [4.69, 9.17) is 4.74 Å². The Morgan fingerprint density at radius 1 is 1.23 bits per heavy atom. The molecule has 0 amide bonds. The molecule has 2 rings (SSSR count). The second-order valence-electron chi connectivity index (χ2n) is 6.35. The first-order valence-electron chi connectivity index (χ1n) is 8.89. The van der Waals surface area contributed by atoms with Crippen molar-refractivity contribution in [3.63, 3.8) is 0 Å². The number of non-ortho nitro benzene ring substituents is 1. The van der Waals surface area contributed by atoms with Crippen LogP contribution in [0.2, 0.25) is 0 Å². The van der Waals surface area contributed by atoms with Gasteiger partial charge in [0, 0.05) is 23.5 Å². The number of esters is 1. The van der Waals surface area contributed by atoms with E-state index in [1.54, 1.807) is 38.1 Å². The average molecular weight is 435 g/mol. The molecule has 0 radical (unpaired) electrons. The molecule has 0 bridgehead atoms. The number of nitro benzene ring substituents is 1. The number of nitro groups is 1. The molecule has 30 heavy (non-hydrogen) atoms. The van der Waals surface area contributed by atoms with Crippen molar-refractivity contribution in [1.82, 2.24) is 5.32 Å². The fourth-order valence-corrected chi connectivity index (χ4v) is 3.15. The molecule has 8 nitrogen and oxygen atoms in total. The second kappa shape index (κ2) is 11.0. The Kier molecular flexibility index (Phi) is 9.01. The summed E-state index contributed by atoms with van der Waals surface area (Å²) >= 11 is 0. The maximum Gasteiger partial charge on any atom is 0.337 e. The van der Waals surface area contributed by atoms with Crippen LogP contribution in [-0.4, -0.2) is 28.6 Å². The minimum atomic E-state index is -1.22. The van der Waals surface area contributed by atoms with E-state index in [1.807, 2.05) is 13.0 Å². The van der Waals surface area contributed by atoms with E-state index in [0.29, 0.717) is 17.0 Å². The molecule has 0 spiro atoms. The number of rotatable bonds is 7. The number of carbonyl (C=O) groups is 2. The molecule has 1 aliphatic heterocycles. The average Bonchev–Trinajstić information content (AvgIpc) is 2.66. The molecule has 160 valence electrons. The van der Waals surface area contributed by atoms with Crippen molar-refractivity contribution >= 4 is 30.0 Å². The predicted octanol–water partition coefficient (Wildman–Crippen LogP) is 4.01. The van der Waals surface area contributed by atoms with Crippen LogP contribution in [0.4, 0.5) is 5.69 Å². The summed E-state index contributed by atoms with van der Waals surface area (Å²) in [7, 11) is 0. The van der Waals surface area contributed by atoms with Crippen molar-refractivity contribution in [1.29, 1.82) is 0 Å². The number of halogens is 1. The number of dihydropyridines is 1. The molecule has 9 heteroatoms. The van der Waals surface area contributed by atoms with Crippen LogP contribution in [0, 0.1) is 10.1 Å². The van der Waals surface area contributed by atoms with Crippen LogP contribution in [0.1, 0.15) is 32.3 Å². The summed E-state index contributed by atoms with van der Waals surface area (Å²) < 4.78 is 5.28. The molecule has 1 aliphatic rings. The molecule has 0 saturated carbocycles. The lowest BCUT2D eigenvalue weighted by Gasteiger charge is -2.29. The van der Waals surface area contributed by atoms with Crippen molar-refractivity contribution in [2.24, 2.45) is 0 Å². The Balaban J connectivity index is 0.00000450. The smallest absolute Gasteiger partial charge is 0.337 e. The van der Waals surface area contributed by atoms with Gasteiger partial charge in [-0.1, -0.05) is 30.4 Å². The Morgan fingerprint density at radius 2 is 1.90 bits per heavy atom. The first-order valence-corrected chi connectivity index (χ1v) is 8.89. The third kappa shape index (κ3) is 5.57. The van der Waals surface area contributed by atoms with Crippen molar-refractivity contribution in [2.75, 3.05) is 6.61 Å². The van der Waals surface area contributed by atoms with Gasteiger partial charge in [-0.2, -0.15) is 0 Å². The molecule has 0 aromatic heterocycles. The minimum Gasteiger partial charge on any atom is -0.478 e. The van der Waals surface area contributed by atoms with Crippen LogP contribution in [0.25, 0.3) is 0 Å². The molecule has 1 unspecified atom stereocenters. The van der Waals surface area contributed by atoms with E-state index in [1.165, 1.54) is 18.2 Å². The second-order valence-corrected chi connectivity index (χ2v) is 6.35. The van der Waals surface area contributed by atoms with Gasteiger partial charge in [0.1, 0.15) is 6.61 Å². The molecule has 2 N–H and O–H groups in total. The number of carbonyl (C=O) groups excluding carboxylic acids is 1. The van der Waals surface area contributed by atoms with E-state index in [-0.39, 0.29) is 35.8 Å². The molecule has 0 fully saturated rings. The fourth-order valence-electron chi connectivity index (χ4n) is 3.15. The number of nitrogens with zero attached hydrogens (tertiary/aromatic N) is 1. The summed E-state index contributed by atoms with van der Waals surface area (Å²) in [6.45, 7) is 5.08. The van der Waals surface area contributed by atoms with Crippen LogP contribution >= 0.6 is 12.4 Å². The van der Waals surface area contributed by atoms with E-state index >= 15 is 0 Å². The van der Waals surface area contributed by atoms with Gasteiger partial charge in [-0.05, 0) is 32.4 Å². The fraction of sp³-hybridized carbons (Fsp3) is 0.238. The number of carboxylic acids is 1. The third-order valence-corrected chi connectivity index (χ3v) is 4.38. The number of allylic oxidation sites excluding steroid dienone is 5. The highest BCUT2D eigenvalue weighted by atomic mass is 35.5. The van der Waals surface area contributed by atoms with Crippen LogP contribution < -0.4 is 5.32 Å². The summed E-state index contributed by atoms with van der Waals surface area (Å²) in [4.78, 5) is 35.4. The SMILES string of the molecule is CC=CC=CCOC(=O)C1=C(C)NC(C)=C(C(=O)O)C1c1cccc([N+](=O)[O-])c1.Cl. The molecule has 1 atom stereocenters. The largest absolute Gasteiger partial charge is 0.478 e. The zero-order chi connectivity index (χ0) is 21.6. The Bertz CT molecular complexity index is 962. The highest BCUT2D eigenvalue weighted by Gasteiger charge is 2.37. The molecule has 0 saturated heterocycles. The predicted molar refractivity (Wildman–Crippen MR) is 114 cm³/mol. The summed E-state index contributed by atoms with van der Waals surface area (Å²) in [5.74, 6) is -2.92. The molecule has 1 aromatic rings. The maximum absolute atomic E-state index is 12.8. The summed E-state index contributed by atoms with van der Waals surface area (Å²) in [5, 5.41) is 23.8. The van der Waals surface area contributed by atoms with Crippen LogP contribution in [0.15, 0.2) is 71.1 Å². The summed E-state index contributed by atoms with van der Waals surface area (Å²) in [5.41, 5.74) is 0.971. The lowest BCUT2D eigenvalue weighted by Crippen LogP contribution is -2.31. The monoisotopic (exact) mass is 434 g/mol. The number of hydrogen-bond acceptors (Lipinski definition) is 6. The maximum atomic E-state index is 12.8. The van der Waals surface area contributed by atoms with Gasteiger partial charge >= 0.3 is 11.9 Å². The van der Waals surface area contributed by atoms with Crippen molar-refractivity contribution in [3.8, 4) is 0 Å². The summed E-state index contributed by atoms with van der Waals surface area (Å²) in [6, 6.07) is 5.61. The van der Waals surface area contributed by atoms with Crippen molar-refractivity contribution in [2.45, 2.75) is 26.7 Å². The van der Waals surface area contributed by atoms with Gasteiger partial charge in [0.15, 0.2) is 0 Å². The topological polar surface area (TPSA) is 119 Å². The number of nitrogens with one attached hydrogen (secondary N) is 1. The number of benzene rings is 1. The van der Waals surface area contributed by atoms with Crippen LogP contribution in [-0.2, 0) is 14.3 Å². The van der Waals surface area contributed by atoms with Crippen molar-refractivity contribution < 1.29 is 24.4 Å². The van der Waals surface area contributed by atoms with Crippen LogP contribution in [0.3, 0.4) is 0 Å². The Labute approximate surface area is 180 Å². The Morgan fingerprint density at radius 3 is 2.50 bits per heavy atom. The highest BCUT2D eigenvalue weighted by Crippen LogP contribution is 2.39. The van der Waals surface area contributed by atoms with Gasteiger partial charge in [-0.25, -0.2) is 9.59 Å². The van der Waals surface area contributed by atoms with Gasteiger partial charge in [-0.15, -0.1) is 12.4 Å². The van der Waals surface area contributed by atoms with E-state index in [0.717, 1.165) is 0 Å². The van der Waals surface area contributed by atoms with Crippen molar-refractivity contribution in [3.05, 3.63) is 86.8 Å². The van der Waals surface area contributed by atoms with Crippen LogP contribution in [0.5, 0.6) is 0 Å². The number of hydrogen-bond donors (Lipinski definition) is 2. The molecule has 1 heterocycles.